The molecule has 1 fully saturated rings. The van der Waals surface area contributed by atoms with Crippen molar-refractivity contribution < 1.29 is 23.6 Å². The first kappa shape index (κ1) is 20.2. The topological polar surface area (TPSA) is 105 Å². The van der Waals surface area contributed by atoms with Gasteiger partial charge < -0.3 is 14.5 Å². The summed E-state index contributed by atoms with van der Waals surface area (Å²) in [7, 11) is 0. The molecule has 0 radical (unpaired) electrons. The largest absolute Gasteiger partial charge is 0.472 e. The summed E-state index contributed by atoms with van der Waals surface area (Å²) in [5.41, 5.74) is 2.20. The first-order valence-electron chi connectivity index (χ1n) is 9.81. The molecule has 4 rings (SSSR count). The maximum atomic E-state index is 12.3. The molecule has 0 spiro atoms. The van der Waals surface area contributed by atoms with E-state index in [-0.39, 0.29) is 12.0 Å². The number of hydrogen-bond acceptors (Lipinski definition) is 7. The van der Waals surface area contributed by atoms with Crippen molar-refractivity contribution in [2.45, 2.75) is 38.2 Å². The van der Waals surface area contributed by atoms with Crippen LogP contribution >= 0.6 is 11.3 Å². The van der Waals surface area contributed by atoms with Gasteiger partial charge in [0.2, 0.25) is 5.91 Å². The summed E-state index contributed by atoms with van der Waals surface area (Å²) in [5, 5.41) is 14.2. The second-order valence-corrected chi connectivity index (χ2v) is 8.20. The SMILES string of the molecule is N#Cc1c(NC(=O)C=Cc2ccoc2)sc2c1CCC(OC(=O)N1CCCCO1)C2. The molecule has 0 saturated carbocycles. The quantitative estimate of drug-likeness (QED) is 0.743. The number of rotatable bonds is 4. The van der Waals surface area contributed by atoms with Gasteiger partial charge in [0.1, 0.15) is 17.2 Å². The van der Waals surface area contributed by atoms with Crippen molar-refractivity contribution in [3.63, 3.8) is 0 Å². The number of hydrogen-bond donors (Lipinski definition) is 1. The molecule has 8 nitrogen and oxygen atoms in total. The van der Waals surface area contributed by atoms with Crippen molar-refractivity contribution in [1.82, 2.24) is 5.06 Å². The van der Waals surface area contributed by atoms with Crippen LogP contribution in [0.1, 0.15) is 40.8 Å². The molecule has 3 heterocycles. The number of nitriles is 1. The Bertz CT molecular complexity index is 983. The molecular formula is C21H21N3O5S. The van der Waals surface area contributed by atoms with E-state index in [0.717, 1.165) is 28.8 Å². The van der Waals surface area contributed by atoms with Crippen molar-refractivity contribution in [2.75, 3.05) is 18.5 Å². The standard InChI is InChI=1S/C21H21N3O5S/c22-12-17-16-5-4-15(29-21(26)24-8-1-2-9-28-24)11-18(16)30-20(17)23-19(25)6-3-14-7-10-27-13-14/h3,6-7,10,13,15H,1-2,4-5,8-9,11H2,(H,23,25). The predicted octanol–water partition coefficient (Wildman–Crippen LogP) is 3.89. The van der Waals surface area contributed by atoms with E-state index in [2.05, 4.69) is 11.4 Å². The van der Waals surface area contributed by atoms with Crippen LogP contribution in [0.5, 0.6) is 0 Å². The minimum atomic E-state index is -0.460. The maximum absolute atomic E-state index is 12.3. The first-order chi connectivity index (χ1) is 14.6. The number of thiophene rings is 1. The highest BCUT2D eigenvalue weighted by atomic mass is 32.1. The van der Waals surface area contributed by atoms with E-state index >= 15 is 0 Å². The third-order valence-electron chi connectivity index (χ3n) is 5.01. The number of anilines is 1. The number of ether oxygens (including phenoxy) is 1. The van der Waals surface area contributed by atoms with Crippen molar-refractivity contribution in [3.8, 4) is 6.07 Å². The minimum Gasteiger partial charge on any atom is -0.472 e. The number of amides is 2. The summed E-state index contributed by atoms with van der Waals surface area (Å²) >= 11 is 1.36. The van der Waals surface area contributed by atoms with E-state index in [1.165, 1.54) is 35.0 Å². The number of nitrogens with one attached hydrogen (secondary N) is 1. The van der Waals surface area contributed by atoms with Crippen LogP contribution in [0, 0.1) is 11.3 Å². The monoisotopic (exact) mass is 427 g/mol. The molecule has 30 heavy (non-hydrogen) atoms. The molecule has 1 N–H and O–H groups in total. The number of hydroxylamine groups is 2. The zero-order valence-electron chi connectivity index (χ0n) is 16.3. The van der Waals surface area contributed by atoms with Crippen LogP contribution in [0.4, 0.5) is 9.80 Å². The molecule has 9 heteroatoms. The van der Waals surface area contributed by atoms with E-state index in [4.69, 9.17) is 14.0 Å². The Morgan fingerprint density at radius 2 is 2.30 bits per heavy atom. The van der Waals surface area contributed by atoms with E-state index < -0.39 is 6.09 Å². The molecule has 1 saturated heterocycles. The highest BCUT2D eigenvalue weighted by Crippen LogP contribution is 2.38. The predicted molar refractivity (Wildman–Crippen MR) is 110 cm³/mol. The van der Waals surface area contributed by atoms with Gasteiger partial charge in [-0.3, -0.25) is 9.63 Å². The van der Waals surface area contributed by atoms with Gasteiger partial charge in [-0.2, -0.15) is 10.3 Å². The van der Waals surface area contributed by atoms with Crippen molar-refractivity contribution in [1.29, 1.82) is 5.26 Å². The van der Waals surface area contributed by atoms with Gasteiger partial charge in [0.25, 0.3) is 0 Å². The fourth-order valence-electron chi connectivity index (χ4n) is 3.50. The molecule has 1 aliphatic heterocycles. The lowest BCUT2D eigenvalue weighted by atomic mass is 9.94. The summed E-state index contributed by atoms with van der Waals surface area (Å²) in [5.74, 6) is -0.323. The van der Waals surface area contributed by atoms with Crippen molar-refractivity contribution in [2.24, 2.45) is 0 Å². The van der Waals surface area contributed by atoms with Gasteiger partial charge in [-0.15, -0.1) is 11.3 Å². The molecule has 2 amide bonds. The lowest BCUT2D eigenvalue weighted by Gasteiger charge is -2.28. The third-order valence-corrected chi connectivity index (χ3v) is 6.18. The Labute approximate surface area is 177 Å². The molecule has 1 unspecified atom stereocenters. The Hall–Kier alpha value is -3.09. The smallest absolute Gasteiger partial charge is 0.434 e. The van der Waals surface area contributed by atoms with Crippen LogP contribution < -0.4 is 5.32 Å². The summed E-state index contributed by atoms with van der Waals surface area (Å²) in [4.78, 5) is 30.8. The van der Waals surface area contributed by atoms with E-state index in [1.807, 2.05) is 0 Å². The van der Waals surface area contributed by atoms with Crippen LogP contribution in [0.3, 0.4) is 0 Å². The normalized spacial score (nSPS) is 18.6. The van der Waals surface area contributed by atoms with E-state index in [1.54, 1.807) is 12.1 Å². The molecule has 0 bridgehead atoms. The molecule has 1 atom stereocenters. The third kappa shape index (κ3) is 4.56. The lowest BCUT2D eigenvalue weighted by molar-refractivity contribution is -0.161. The van der Waals surface area contributed by atoms with E-state index in [0.29, 0.717) is 43.0 Å². The number of fused-ring (bicyclic) bond motifs is 1. The number of nitrogens with zero attached hydrogens (tertiary/aromatic N) is 2. The van der Waals surface area contributed by atoms with Crippen LogP contribution in [0.25, 0.3) is 6.08 Å². The van der Waals surface area contributed by atoms with Crippen LogP contribution in [-0.2, 0) is 27.2 Å². The summed E-state index contributed by atoms with van der Waals surface area (Å²) in [6.45, 7) is 1.06. The van der Waals surface area contributed by atoms with Gasteiger partial charge in [0.05, 0.1) is 31.2 Å². The highest BCUT2D eigenvalue weighted by molar-refractivity contribution is 7.16. The molecule has 2 aliphatic rings. The van der Waals surface area contributed by atoms with Gasteiger partial charge in [-0.1, -0.05) is 0 Å². The van der Waals surface area contributed by atoms with Gasteiger partial charge >= 0.3 is 6.09 Å². The first-order valence-corrected chi connectivity index (χ1v) is 10.6. The number of furan rings is 1. The van der Waals surface area contributed by atoms with Gasteiger partial charge in [-0.05, 0) is 43.4 Å². The second-order valence-electron chi connectivity index (χ2n) is 7.09. The molecule has 156 valence electrons. The summed E-state index contributed by atoms with van der Waals surface area (Å²) in [6, 6.07) is 3.95. The zero-order valence-corrected chi connectivity index (χ0v) is 17.1. The molecule has 2 aromatic heterocycles. The Morgan fingerprint density at radius 1 is 1.40 bits per heavy atom. The van der Waals surface area contributed by atoms with Crippen LogP contribution in [-0.4, -0.2) is 36.3 Å². The minimum absolute atomic E-state index is 0.273. The second kappa shape index (κ2) is 9.15. The van der Waals surface area contributed by atoms with Gasteiger partial charge in [-0.25, -0.2) is 4.79 Å². The average molecular weight is 427 g/mol. The van der Waals surface area contributed by atoms with Crippen molar-refractivity contribution >= 4 is 34.4 Å². The van der Waals surface area contributed by atoms with E-state index in [9.17, 15) is 14.9 Å². The van der Waals surface area contributed by atoms with Crippen LogP contribution in [0.15, 0.2) is 29.1 Å². The van der Waals surface area contributed by atoms with Crippen molar-refractivity contribution in [3.05, 3.63) is 46.2 Å². The Kier molecular flexibility index (Phi) is 6.16. The molecule has 1 aliphatic carbocycles. The maximum Gasteiger partial charge on any atom is 0.434 e. The summed E-state index contributed by atoms with van der Waals surface area (Å²) in [6.07, 6.45) is 8.97. The fourth-order valence-corrected chi connectivity index (χ4v) is 4.77. The van der Waals surface area contributed by atoms with Gasteiger partial charge in [0, 0.05) is 22.9 Å². The molecule has 0 aromatic carbocycles. The van der Waals surface area contributed by atoms with Gasteiger partial charge in [0.15, 0.2) is 0 Å². The molecule has 2 aromatic rings. The summed E-state index contributed by atoms with van der Waals surface area (Å²) < 4.78 is 10.6. The Morgan fingerprint density at radius 3 is 3.03 bits per heavy atom. The lowest BCUT2D eigenvalue weighted by Crippen LogP contribution is -2.39. The number of carbonyl (C=O) groups excluding carboxylic acids is 2. The van der Waals surface area contributed by atoms with Crippen LogP contribution in [0.2, 0.25) is 0 Å². The fraction of sp³-hybridized carbons (Fsp3) is 0.381. The number of carbonyl (C=O) groups is 2. The average Bonchev–Trinajstić information content (AvgIpc) is 3.39. The zero-order chi connectivity index (χ0) is 20.9. The molecular weight excluding hydrogens is 406 g/mol. The highest BCUT2D eigenvalue weighted by Gasteiger charge is 2.30. The Balaban J connectivity index is 1.41.